The Morgan fingerprint density at radius 1 is 1.15 bits per heavy atom. The Morgan fingerprint density at radius 2 is 1.80 bits per heavy atom. The smallest absolute Gasteiger partial charge is 0.125 e. The summed E-state index contributed by atoms with van der Waals surface area (Å²) < 4.78 is 32.3. The van der Waals surface area contributed by atoms with E-state index in [0.29, 0.717) is 15.8 Å². The molecule has 20 heavy (non-hydrogen) atoms. The van der Waals surface area contributed by atoms with Crippen molar-refractivity contribution in [2.24, 2.45) is 0 Å². The van der Waals surface area contributed by atoms with Gasteiger partial charge in [0, 0.05) is 15.6 Å². The van der Waals surface area contributed by atoms with Crippen molar-refractivity contribution >= 4 is 15.9 Å². The molecule has 0 fully saturated rings. The third-order valence-corrected chi connectivity index (χ3v) is 3.56. The number of rotatable bonds is 4. The van der Waals surface area contributed by atoms with Crippen LogP contribution in [0.3, 0.4) is 0 Å². The van der Waals surface area contributed by atoms with Crippen molar-refractivity contribution in [3.05, 3.63) is 63.6 Å². The third-order valence-electron chi connectivity index (χ3n) is 2.82. The minimum atomic E-state index is -0.836. The molecule has 0 amide bonds. The summed E-state index contributed by atoms with van der Waals surface area (Å²) >= 11 is 3.25. The first-order valence-corrected chi connectivity index (χ1v) is 6.81. The van der Waals surface area contributed by atoms with E-state index in [1.54, 1.807) is 6.07 Å². The summed E-state index contributed by atoms with van der Waals surface area (Å²) in [5, 5.41) is 9.61. The van der Waals surface area contributed by atoms with E-state index in [4.69, 9.17) is 4.74 Å². The van der Waals surface area contributed by atoms with Crippen LogP contribution in [0.25, 0.3) is 0 Å². The van der Waals surface area contributed by atoms with Crippen LogP contribution in [0.1, 0.15) is 24.2 Å². The van der Waals surface area contributed by atoms with Crippen molar-refractivity contribution < 1.29 is 18.6 Å². The number of aliphatic hydroxyl groups excluding tert-OH is 1. The van der Waals surface area contributed by atoms with Gasteiger partial charge in [-0.3, -0.25) is 0 Å². The van der Waals surface area contributed by atoms with Crippen LogP contribution in [0.4, 0.5) is 8.78 Å². The van der Waals surface area contributed by atoms with Crippen molar-refractivity contribution in [3.8, 4) is 5.75 Å². The summed E-state index contributed by atoms with van der Waals surface area (Å²) in [5.74, 6) is -0.374. The number of ether oxygens (including phenoxy) is 1. The first-order chi connectivity index (χ1) is 9.47. The fraction of sp³-hybridized carbons (Fsp3) is 0.200. The lowest BCUT2D eigenvalue weighted by Gasteiger charge is -2.14. The molecule has 0 aliphatic rings. The maximum Gasteiger partial charge on any atom is 0.125 e. The van der Waals surface area contributed by atoms with E-state index >= 15 is 0 Å². The van der Waals surface area contributed by atoms with Gasteiger partial charge in [0.2, 0.25) is 0 Å². The molecule has 106 valence electrons. The Balaban J connectivity index is 2.18. The molecule has 0 radical (unpaired) electrons. The van der Waals surface area contributed by atoms with Gasteiger partial charge in [-0.15, -0.1) is 0 Å². The highest BCUT2D eigenvalue weighted by atomic mass is 79.9. The average Bonchev–Trinajstić information content (AvgIpc) is 2.38. The normalized spacial score (nSPS) is 12.2. The van der Waals surface area contributed by atoms with Gasteiger partial charge in [0.05, 0.1) is 6.10 Å². The fourth-order valence-corrected chi connectivity index (χ4v) is 2.24. The number of aliphatic hydroxyl groups is 1. The number of halogens is 3. The summed E-state index contributed by atoms with van der Waals surface area (Å²) in [6, 6.07) is 8.25. The number of hydrogen-bond donors (Lipinski definition) is 1. The highest BCUT2D eigenvalue weighted by molar-refractivity contribution is 9.10. The SMILES string of the molecule is C[C@@H](O)c1cc(F)ccc1OCc1ccc(F)cc1Br. The molecule has 0 aromatic heterocycles. The molecule has 2 aromatic carbocycles. The first-order valence-electron chi connectivity index (χ1n) is 6.01. The fourth-order valence-electron chi connectivity index (χ4n) is 1.77. The zero-order chi connectivity index (χ0) is 14.7. The predicted molar refractivity (Wildman–Crippen MR) is 75.5 cm³/mol. The van der Waals surface area contributed by atoms with Crippen LogP contribution in [0.5, 0.6) is 5.75 Å². The van der Waals surface area contributed by atoms with E-state index in [-0.39, 0.29) is 12.4 Å². The Bertz CT molecular complexity index is 615. The standard InChI is InChI=1S/C15H13BrF2O2/c1-9(19)13-6-11(17)4-5-15(13)20-8-10-2-3-12(18)7-14(10)16/h2-7,9,19H,8H2,1H3/t9-/m1/s1. The van der Waals surface area contributed by atoms with Gasteiger partial charge in [-0.2, -0.15) is 0 Å². The van der Waals surface area contributed by atoms with Crippen LogP contribution >= 0.6 is 15.9 Å². The van der Waals surface area contributed by atoms with E-state index in [1.807, 2.05) is 0 Å². The van der Waals surface area contributed by atoms with Gasteiger partial charge in [-0.05, 0) is 37.3 Å². The van der Waals surface area contributed by atoms with Gasteiger partial charge in [0.1, 0.15) is 24.0 Å². The van der Waals surface area contributed by atoms with Crippen LogP contribution < -0.4 is 4.74 Å². The molecular weight excluding hydrogens is 330 g/mol. The Kier molecular flexibility index (Phi) is 4.73. The molecule has 0 heterocycles. The molecule has 0 unspecified atom stereocenters. The Labute approximate surface area is 124 Å². The number of hydrogen-bond acceptors (Lipinski definition) is 2. The van der Waals surface area contributed by atoms with Crippen molar-refractivity contribution in [3.63, 3.8) is 0 Å². The molecule has 0 saturated carbocycles. The topological polar surface area (TPSA) is 29.5 Å². The van der Waals surface area contributed by atoms with Crippen LogP contribution in [0.2, 0.25) is 0 Å². The average molecular weight is 343 g/mol. The maximum atomic E-state index is 13.2. The Morgan fingerprint density at radius 3 is 2.45 bits per heavy atom. The second kappa shape index (κ2) is 6.33. The molecule has 1 atom stereocenters. The monoisotopic (exact) mass is 342 g/mol. The van der Waals surface area contributed by atoms with E-state index in [2.05, 4.69) is 15.9 Å². The molecule has 0 spiro atoms. The Hall–Kier alpha value is -1.46. The highest BCUT2D eigenvalue weighted by Gasteiger charge is 2.11. The maximum absolute atomic E-state index is 13.2. The van der Waals surface area contributed by atoms with Gasteiger partial charge in [-0.25, -0.2) is 8.78 Å². The van der Waals surface area contributed by atoms with Gasteiger partial charge in [0.25, 0.3) is 0 Å². The number of benzene rings is 2. The minimum Gasteiger partial charge on any atom is -0.488 e. The quantitative estimate of drug-likeness (QED) is 0.894. The first kappa shape index (κ1) is 14.9. The summed E-state index contributed by atoms with van der Waals surface area (Å²) in [7, 11) is 0. The van der Waals surface area contributed by atoms with Crippen molar-refractivity contribution in [1.82, 2.24) is 0 Å². The van der Waals surface area contributed by atoms with E-state index in [0.717, 1.165) is 5.56 Å². The van der Waals surface area contributed by atoms with E-state index < -0.39 is 11.9 Å². The van der Waals surface area contributed by atoms with Crippen LogP contribution in [0, 0.1) is 11.6 Å². The third kappa shape index (κ3) is 3.55. The molecule has 2 rings (SSSR count). The molecule has 0 bridgehead atoms. The highest BCUT2D eigenvalue weighted by Crippen LogP contribution is 2.27. The van der Waals surface area contributed by atoms with Crippen molar-refractivity contribution in [1.29, 1.82) is 0 Å². The molecule has 0 aliphatic carbocycles. The predicted octanol–water partition coefficient (Wildman–Crippen LogP) is 4.36. The lowest BCUT2D eigenvalue weighted by atomic mass is 10.1. The zero-order valence-corrected chi connectivity index (χ0v) is 12.3. The van der Waals surface area contributed by atoms with Gasteiger partial charge < -0.3 is 9.84 Å². The lowest BCUT2D eigenvalue weighted by molar-refractivity contribution is 0.189. The molecule has 5 heteroatoms. The van der Waals surface area contributed by atoms with Crippen LogP contribution in [-0.4, -0.2) is 5.11 Å². The minimum absolute atomic E-state index is 0.187. The van der Waals surface area contributed by atoms with Crippen molar-refractivity contribution in [2.75, 3.05) is 0 Å². The molecular formula is C15H13BrF2O2. The molecule has 2 aromatic rings. The van der Waals surface area contributed by atoms with Gasteiger partial charge in [0.15, 0.2) is 0 Å². The summed E-state index contributed by atoms with van der Waals surface area (Å²) in [6.07, 6.45) is -0.836. The summed E-state index contributed by atoms with van der Waals surface area (Å²) in [4.78, 5) is 0. The zero-order valence-electron chi connectivity index (χ0n) is 10.7. The largest absolute Gasteiger partial charge is 0.488 e. The van der Waals surface area contributed by atoms with E-state index in [1.165, 1.54) is 37.3 Å². The molecule has 0 saturated heterocycles. The van der Waals surface area contributed by atoms with Crippen molar-refractivity contribution in [2.45, 2.75) is 19.6 Å². The van der Waals surface area contributed by atoms with E-state index in [9.17, 15) is 13.9 Å². The molecule has 0 aliphatic heterocycles. The second-order valence-corrected chi connectivity index (χ2v) is 5.24. The molecule has 2 nitrogen and oxygen atoms in total. The van der Waals surface area contributed by atoms with Crippen LogP contribution in [-0.2, 0) is 6.61 Å². The molecule has 1 N–H and O–H groups in total. The second-order valence-electron chi connectivity index (χ2n) is 4.38. The van der Waals surface area contributed by atoms with Gasteiger partial charge >= 0.3 is 0 Å². The van der Waals surface area contributed by atoms with Crippen LogP contribution in [0.15, 0.2) is 40.9 Å². The summed E-state index contributed by atoms with van der Waals surface area (Å²) in [5.41, 5.74) is 1.13. The summed E-state index contributed by atoms with van der Waals surface area (Å²) in [6.45, 7) is 1.72. The van der Waals surface area contributed by atoms with Gasteiger partial charge in [-0.1, -0.05) is 22.0 Å². The lowest BCUT2D eigenvalue weighted by Crippen LogP contribution is -2.02.